The van der Waals surface area contributed by atoms with Crippen LogP contribution in [0.5, 0.6) is 17.2 Å². The van der Waals surface area contributed by atoms with Gasteiger partial charge in [0.25, 0.3) is 0 Å². The molecule has 0 fully saturated rings. The van der Waals surface area contributed by atoms with Crippen LogP contribution < -0.4 is 19.5 Å². The molecule has 1 N–H and O–H groups in total. The molecule has 34 heavy (non-hydrogen) atoms. The lowest BCUT2D eigenvalue weighted by Gasteiger charge is -2.38. The molecular formula is C26H28N4O4. The molecule has 0 bridgehead atoms. The fourth-order valence-corrected chi connectivity index (χ4v) is 4.88. The zero-order valence-electron chi connectivity index (χ0n) is 20.0. The first-order chi connectivity index (χ1) is 16.3. The van der Waals surface area contributed by atoms with E-state index in [9.17, 15) is 4.79 Å². The Morgan fingerprint density at radius 2 is 1.68 bits per heavy atom. The Morgan fingerprint density at radius 3 is 2.29 bits per heavy atom. The molecule has 2 aliphatic rings. The number of fused-ring (bicyclic) bond motifs is 1. The van der Waals surface area contributed by atoms with Crippen molar-refractivity contribution in [3.05, 3.63) is 59.3 Å². The van der Waals surface area contributed by atoms with E-state index in [4.69, 9.17) is 24.3 Å². The van der Waals surface area contributed by atoms with E-state index in [1.807, 2.05) is 47.1 Å². The highest BCUT2D eigenvalue weighted by atomic mass is 16.5. The minimum Gasteiger partial charge on any atom is -0.493 e. The number of ketones is 1. The molecule has 1 aliphatic heterocycles. The highest BCUT2D eigenvalue weighted by Gasteiger charge is 2.41. The smallest absolute Gasteiger partial charge is 0.226 e. The van der Waals surface area contributed by atoms with Gasteiger partial charge in [-0.3, -0.25) is 4.79 Å². The maximum Gasteiger partial charge on any atom is 0.226 e. The van der Waals surface area contributed by atoms with Gasteiger partial charge < -0.3 is 19.5 Å². The number of benzene rings is 2. The van der Waals surface area contributed by atoms with Gasteiger partial charge in [-0.2, -0.15) is 4.98 Å². The van der Waals surface area contributed by atoms with E-state index in [2.05, 4.69) is 19.2 Å². The third-order valence-corrected chi connectivity index (χ3v) is 6.37. The molecule has 2 aromatic carbocycles. The molecule has 0 amide bonds. The van der Waals surface area contributed by atoms with Crippen LogP contribution in [0.1, 0.15) is 38.3 Å². The predicted octanol–water partition coefficient (Wildman–Crippen LogP) is 4.63. The number of carbonyl (C=O) groups excluding carboxylic acids is 1. The molecule has 0 spiro atoms. The topological polar surface area (TPSA) is 87.5 Å². The number of hydrogen-bond acceptors (Lipinski definition) is 7. The second-order valence-electron chi connectivity index (χ2n) is 9.39. The fourth-order valence-electron chi connectivity index (χ4n) is 4.88. The zero-order chi connectivity index (χ0) is 24.0. The van der Waals surface area contributed by atoms with Crippen molar-refractivity contribution in [3.8, 4) is 28.6 Å². The van der Waals surface area contributed by atoms with Gasteiger partial charge in [-0.05, 0) is 29.5 Å². The summed E-state index contributed by atoms with van der Waals surface area (Å²) < 4.78 is 18.3. The Morgan fingerprint density at radius 1 is 1.00 bits per heavy atom. The number of allylic oxidation sites excluding steroid dienone is 2. The third-order valence-electron chi connectivity index (χ3n) is 6.37. The van der Waals surface area contributed by atoms with Crippen LogP contribution in [0.15, 0.2) is 53.7 Å². The number of carbonyl (C=O) groups is 1. The van der Waals surface area contributed by atoms with Crippen molar-refractivity contribution in [2.45, 2.75) is 32.7 Å². The van der Waals surface area contributed by atoms with Gasteiger partial charge in [-0.25, -0.2) is 4.68 Å². The molecule has 0 radical (unpaired) electrons. The zero-order valence-corrected chi connectivity index (χ0v) is 20.0. The van der Waals surface area contributed by atoms with E-state index in [1.165, 1.54) is 0 Å². The summed E-state index contributed by atoms with van der Waals surface area (Å²) in [6.07, 6.45) is 1.27. The minimum absolute atomic E-state index is 0.119. The number of anilines is 1. The molecule has 1 aliphatic carbocycles. The Kier molecular flexibility index (Phi) is 5.31. The number of nitrogens with zero attached hydrogens (tertiary/aromatic N) is 3. The van der Waals surface area contributed by atoms with E-state index in [1.54, 1.807) is 21.3 Å². The second-order valence-corrected chi connectivity index (χ2v) is 9.39. The number of hydrogen-bond donors (Lipinski definition) is 1. The van der Waals surface area contributed by atoms with Crippen LogP contribution in [-0.2, 0) is 4.79 Å². The molecule has 2 heterocycles. The lowest BCUT2D eigenvalue weighted by Crippen LogP contribution is -2.36. The summed E-state index contributed by atoms with van der Waals surface area (Å²) in [4.78, 5) is 18.2. The van der Waals surface area contributed by atoms with E-state index in [-0.39, 0.29) is 17.2 Å². The van der Waals surface area contributed by atoms with E-state index in [0.29, 0.717) is 35.4 Å². The largest absolute Gasteiger partial charge is 0.493 e. The van der Waals surface area contributed by atoms with Gasteiger partial charge >= 0.3 is 0 Å². The molecule has 176 valence electrons. The maximum absolute atomic E-state index is 13.3. The monoisotopic (exact) mass is 460 g/mol. The predicted molar refractivity (Wildman–Crippen MR) is 128 cm³/mol. The van der Waals surface area contributed by atoms with Gasteiger partial charge in [0.1, 0.15) is 6.04 Å². The number of aromatic nitrogens is 3. The lowest BCUT2D eigenvalue weighted by molar-refractivity contribution is -0.118. The van der Waals surface area contributed by atoms with Gasteiger partial charge in [-0.15, -0.1) is 5.10 Å². The van der Waals surface area contributed by atoms with Crippen LogP contribution in [0.25, 0.3) is 11.4 Å². The summed E-state index contributed by atoms with van der Waals surface area (Å²) in [5, 5.41) is 8.27. The van der Waals surface area contributed by atoms with E-state index < -0.39 is 0 Å². The average molecular weight is 461 g/mol. The molecule has 1 atom stereocenters. The summed E-state index contributed by atoms with van der Waals surface area (Å²) in [6.45, 7) is 4.24. The van der Waals surface area contributed by atoms with Crippen LogP contribution in [0, 0.1) is 5.41 Å². The van der Waals surface area contributed by atoms with Crippen molar-refractivity contribution in [2.24, 2.45) is 5.41 Å². The quantitative estimate of drug-likeness (QED) is 0.594. The Labute approximate surface area is 198 Å². The molecule has 3 aromatic rings. The van der Waals surface area contributed by atoms with Crippen molar-refractivity contribution in [3.63, 3.8) is 0 Å². The molecule has 0 saturated heterocycles. The molecule has 1 aromatic heterocycles. The van der Waals surface area contributed by atoms with Gasteiger partial charge in [-0.1, -0.05) is 44.2 Å². The van der Waals surface area contributed by atoms with Gasteiger partial charge in [0.15, 0.2) is 23.1 Å². The first kappa shape index (κ1) is 22.0. The normalized spacial score (nSPS) is 18.6. The summed E-state index contributed by atoms with van der Waals surface area (Å²) in [6, 6.07) is 13.3. The SMILES string of the molecule is COc1cc(-c2nc3n(n2)C(c2ccccc2)C2=C(CC(C)(C)CC2=O)N3)cc(OC)c1OC. The summed E-state index contributed by atoms with van der Waals surface area (Å²) >= 11 is 0. The summed E-state index contributed by atoms with van der Waals surface area (Å²) in [5.74, 6) is 2.78. The Balaban J connectivity index is 1.67. The number of nitrogens with one attached hydrogen (secondary N) is 1. The lowest BCUT2D eigenvalue weighted by atomic mass is 9.73. The van der Waals surface area contributed by atoms with Crippen LogP contribution in [0.4, 0.5) is 5.95 Å². The first-order valence-electron chi connectivity index (χ1n) is 11.2. The van der Waals surface area contributed by atoms with Gasteiger partial charge in [0.05, 0.1) is 21.3 Å². The number of rotatable bonds is 5. The van der Waals surface area contributed by atoms with Crippen LogP contribution >= 0.6 is 0 Å². The Bertz CT molecular complexity index is 1270. The van der Waals surface area contributed by atoms with E-state index in [0.717, 1.165) is 28.8 Å². The van der Waals surface area contributed by atoms with Crippen molar-refractivity contribution in [1.29, 1.82) is 0 Å². The van der Waals surface area contributed by atoms with Gasteiger partial charge in [0.2, 0.25) is 11.7 Å². The van der Waals surface area contributed by atoms with Crippen LogP contribution in [-0.4, -0.2) is 41.9 Å². The molecule has 8 heteroatoms. The standard InChI is InChI=1S/C26H28N4O4/c1-26(2)13-17-21(18(31)14-26)22(15-9-7-6-8-10-15)30-25(27-17)28-24(29-30)16-11-19(32-3)23(34-5)20(12-16)33-4/h6-12,22H,13-14H2,1-5H3,(H,27,28,29). The third kappa shape index (κ3) is 3.59. The van der Waals surface area contributed by atoms with Crippen LogP contribution in [0.2, 0.25) is 0 Å². The molecular weight excluding hydrogens is 432 g/mol. The van der Waals surface area contributed by atoms with Gasteiger partial charge in [0, 0.05) is 23.3 Å². The molecule has 8 nitrogen and oxygen atoms in total. The molecule has 1 unspecified atom stereocenters. The highest BCUT2D eigenvalue weighted by Crippen LogP contribution is 2.46. The summed E-state index contributed by atoms with van der Waals surface area (Å²) in [7, 11) is 4.72. The maximum atomic E-state index is 13.3. The molecule has 0 saturated carbocycles. The number of methoxy groups -OCH3 is 3. The molecule has 5 rings (SSSR count). The number of Topliss-reactive ketones (excluding diaryl/α,β-unsaturated/α-hetero) is 1. The minimum atomic E-state index is -0.348. The second kappa shape index (κ2) is 8.20. The van der Waals surface area contributed by atoms with Crippen molar-refractivity contribution in [2.75, 3.05) is 26.6 Å². The fraction of sp³-hybridized carbons (Fsp3) is 0.346. The van der Waals surface area contributed by atoms with Crippen molar-refractivity contribution >= 4 is 11.7 Å². The van der Waals surface area contributed by atoms with Crippen molar-refractivity contribution in [1.82, 2.24) is 14.8 Å². The van der Waals surface area contributed by atoms with Crippen molar-refractivity contribution < 1.29 is 19.0 Å². The average Bonchev–Trinajstić information content (AvgIpc) is 3.25. The highest BCUT2D eigenvalue weighted by molar-refractivity contribution is 6.00. The Hall–Kier alpha value is -3.81. The first-order valence-corrected chi connectivity index (χ1v) is 11.2. The number of ether oxygens (including phenoxy) is 3. The van der Waals surface area contributed by atoms with E-state index >= 15 is 0 Å². The van der Waals surface area contributed by atoms with Crippen LogP contribution in [0.3, 0.4) is 0 Å². The summed E-state index contributed by atoms with van der Waals surface area (Å²) in [5.41, 5.74) is 3.28.